The molecule has 0 aliphatic heterocycles. The number of esters is 3. The van der Waals surface area contributed by atoms with Crippen LogP contribution in [0.5, 0.6) is 0 Å². The van der Waals surface area contributed by atoms with Crippen molar-refractivity contribution in [3.63, 3.8) is 0 Å². The lowest BCUT2D eigenvalue weighted by Crippen LogP contribution is -2.51. The number of ether oxygens (including phenoxy) is 4. The van der Waals surface area contributed by atoms with Crippen molar-refractivity contribution in [2.75, 3.05) is 26.4 Å². The Kier molecular flexibility index (Phi) is 8.54. The molecule has 0 aromatic rings. The summed E-state index contributed by atoms with van der Waals surface area (Å²) < 4.78 is 19.6. The molecule has 20 heavy (non-hydrogen) atoms. The summed E-state index contributed by atoms with van der Waals surface area (Å²) in [5.74, 6) is -2.41. The van der Waals surface area contributed by atoms with Crippen LogP contribution in [0.4, 0.5) is 0 Å². The van der Waals surface area contributed by atoms with E-state index in [2.05, 4.69) is 0 Å². The van der Waals surface area contributed by atoms with Crippen molar-refractivity contribution >= 4 is 17.9 Å². The number of carbonyl (C=O) groups excluding carboxylic acids is 3. The van der Waals surface area contributed by atoms with Crippen molar-refractivity contribution in [1.82, 2.24) is 0 Å². The second kappa shape index (κ2) is 9.30. The summed E-state index contributed by atoms with van der Waals surface area (Å²) in [5, 5.41) is 0. The van der Waals surface area contributed by atoms with E-state index in [1.807, 2.05) is 0 Å². The Morgan fingerprint density at radius 2 is 1.25 bits per heavy atom. The molecule has 0 bridgehead atoms. The first kappa shape index (κ1) is 18.4. The number of rotatable bonds is 9. The summed E-state index contributed by atoms with van der Waals surface area (Å²) >= 11 is 0. The first-order valence-electron chi connectivity index (χ1n) is 6.62. The van der Waals surface area contributed by atoms with Gasteiger partial charge in [0.15, 0.2) is 0 Å². The largest absolute Gasteiger partial charge is 0.464 e. The zero-order valence-electron chi connectivity index (χ0n) is 12.4. The van der Waals surface area contributed by atoms with Crippen LogP contribution in [-0.2, 0) is 33.3 Å². The summed E-state index contributed by atoms with van der Waals surface area (Å²) in [6.07, 6.45) is -0.00985. The smallest absolute Gasteiger partial charge is 0.350 e. The van der Waals surface area contributed by atoms with E-state index in [0.29, 0.717) is 0 Å². The van der Waals surface area contributed by atoms with Crippen LogP contribution >= 0.6 is 0 Å². The maximum Gasteiger partial charge on any atom is 0.350 e. The Bertz CT molecular complexity index is 320. The van der Waals surface area contributed by atoms with Crippen molar-refractivity contribution in [1.29, 1.82) is 0 Å². The summed E-state index contributed by atoms with van der Waals surface area (Å²) in [4.78, 5) is 35.3. The molecular formula is C13H22O7. The second-order valence-corrected chi connectivity index (χ2v) is 3.72. The van der Waals surface area contributed by atoms with Crippen LogP contribution in [0.2, 0.25) is 0 Å². The lowest BCUT2D eigenvalue weighted by molar-refractivity contribution is -0.194. The first-order valence-corrected chi connectivity index (χ1v) is 6.62. The van der Waals surface area contributed by atoms with Crippen LogP contribution in [0, 0.1) is 0 Å². The Hall–Kier alpha value is -1.63. The minimum Gasteiger partial charge on any atom is -0.464 e. The van der Waals surface area contributed by atoms with Gasteiger partial charge in [0.05, 0.1) is 19.8 Å². The van der Waals surface area contributed by atoms with E-state index >= 15 is 0 Å². The molecule has 0 aliphatic carbocycles. The molecule has 0 aliphatic rings. The van der Waals surface area contributed by atoms with Gasteiger partial charge in [0, 0.05) is 0 Å². The fraction of sp³-hybridized carbons (Fsp3) is 0.769. The van der Waals surface area contributed by atoms with Crippen LogP contribution in [0.1, 0.15) is 34.1 Å². The van der Waals surface area contributed by atoms with Crippen LogP contribution in [-0.4, -0.2) is 49.9 Å². The third kappa shape index (κ3) is 4.80. The highest BCUT2D eigenvalue weighted by Crippen LogP contribution is 2.21. The van der Waals surface area contributed by atoms with Gasteiger partial charge >= 0.3 is 17.9 Å². The maximum absolute atomic E-state index is 12.0. The molecule has 0 fully saturated rings. The predicted octanol–water partition coefficient (Wildman–Crippen LogP) is 0.841. The van der Waals surface area contributed by atoms with Gasteiger partial charge in [-0.05, 0) is 27.2 Å². The molecular weight excluding hydrogens is 268 g/mol. The van der Waals surface area contributed by atoms with Gasteiger partial charge in [-0.1, -0.05) is 6.92 Å². The molecule has 0 aromatic carbocycles. The van der Waals surface area contributed by atoms with Gasteiger partial charge in [0.25, 0.3) is 5.60 Å². The standard InChI is InChI=1S/C13H22O7/c1-5-13(11(15)18-7-3,12(16)19-8-4)20-9-10(14)17-6-2/h5-9H2,1-4H3. The molecule has 0 saturated heterocycles. The summed E-state index contributed by atoms with van der Waals surface area (Å²) in [7, 11) is 0. The lowest BCUT2D eigenvalue weighted by Gasteiger charge is -2.27. The molecule has 0 atom stereocenters. The average Bonchev–Trinajstić information content (AvgIpc) is 2.41. The molecule has 0 N–H and O–H groups in total. The monoisotopic (exact) mass is 290 g/mol. The Balaban J connectivity index is 5.05. The van der Waals surface area contributed by atoms with Crippen molar-refractivity contribution < 1.29 is 33.3 Å². The average molecular weight is 290 g/mol. The molecule has 7 nitrogen and oxygen atoms in total. The fourth-order valence-electron chi connectivity index (χ4n) is 1.47. The highest BCUT2D eigenvalue weighted by Gasteiger charge is 2.49. The Labute approximate surface area is 118 Å². The van der Waals surface area contributed by atoms with Gasteiger partial charge in [0.2, 0.25) is 0 Å². The van der Waals surface area contributed by atoms with E-state index in [4.69, 9.17) is 18.9 Å². The molecule has 0 radical (unpaired) electrons. The van der Waals surface area contributed by atoms with E-state index < -0.39 is 30.1 Å². The van der Waals surface area contributed by atoms with Crippen LogP contribution in [0.15, 0.2) is 0 Å². The third-order valence-corrected chi connectivity index (χ3v) is 2.45. The maximum atomic E-state index is 12.0. The molecule has 7 heteroatoms. The van der Waals surface area contributed by atoms with Gasteiger partial charge in [-0.15, -0.1) is 0 Å². The number of hydrogen-bond acceptors (Lipinski definition) is 7. The minimum absolute atomic E-state index is 0.00985. The van der Waals surface area contributed by atoms with Crippen molar-refractivity contribution in [2.24, 2.45) is 0 Å². The number of carbonyl (C=O) groups is 3. The highest BCUT2D eigenvalue weighted by atomic mass is 16.6. The first-order chi connectivity index (χ1) is 9.48. The predicted molar refractivity (Wildman–Crippen MR) is 68.9 cm³/mol. The summed E-state index contributed by atoms with van der Waals surface area (Å²) in [6.45, 7) is 6.25. The summed E-state index contributed by atoms with van der Waals surface area (Å²) in [5.41, 5.74) is -1.93. The topological polar surface area (TPSA) is 88.1 Å². The quantitative estimate of drug-likeness (QED) is 0.353. The molecule has 0 amide bonds. The zero-order chi connectivity index (χ0) is 15.6. The van der Waals surface area contributed by atoms with Gasteiger partial charge in [-0.25, -0.2) is 14.4 Å². The van der Waals surface area contributed by atoms with E-state index in [1.165, 1.54) is 0 Å². The molecule has 0 aromatic heterocycles. The van der Waals surface area contributed by atoms with Crippen molar-refractivity contribution in [2.45, 2.75) is 39.7 Å². The highest BCUT2D eigenvalue weighted by molar-refractivity contribution is 6.03. The summed E-state index contributed by atoms with van der Waals surface area (Å²) in [6, 6.07) is 0. The molecule has 0 heterocycles. The van der Waals surface area contributed by atoms with Crippen LogP contribution in [0.25, 0.3) is 0 Å². The second-order valence-electron chi connectivity index (χ2n) is 3.72. The van der Waals surface area contributed by atoms with Crippen LogP contribution < -0.4 is 0 Å². The Morgan fingerprint density at radius 1 is 0.800 bits per heavy atom. The fourth-order valence-corrected chi connectivity index (χ4v) is 1.47. The van der Waals surface area contributed by atoms with Gasteiger partial charge in [-0.3, -0.25) is 0 Å². The lowest BCUT2D eigenvalue weighted by atomic mass is 10.0. The minimum atomic E-state index is -1.93. The molecule has 0 spiro atoms. The van der Waals surface area contributed by atoms with Crippen molar-refractivity contribution in [3.05, 3.63) is 0 Å². The van der Waals surface area contributed by atoms with E-state index in [-0.39, 0.29) is 26.2 Å². The molecule has 0 saturated carbocycles. The third-order valence-electron chi connectivity index (χ3n) is 2.45. The van der Waals surface area contributed by atoms with Gasteiger partial charge in [0.1, 0.15) is 6.61 Å². The molecule has 0 rings (SSSR count). The van der Waals surface area contributed by atoms with Crippen molar-refractivity contribution in [3.8, 4) is 0 Å². The number of hydrogen-bond donors (Lipinski definition) is 0. The van der Waals surface area contributed by atoms with E-state index in [9.17, 15) is 14.4 Å². The molecule has 0 unspecified atom stereocenters. The van der Waals surface area contributed by atoms with E-state index in [0.717, 1.165) is 0 Å². The zero-order valence-corrected chi connectivity index (χ0v) is 12.4. The SMILES string of the molecule is CCOC(=O)COC(CC)(C(=O)OCC)C(=O)OCC. The molecule has 116 valence electrons. The normalized spacial score (nSPS) is 10.8. The van der Waals surface area contributed by atoms with E-state index in [1.54, 1.807) is 27.7 Å². The van der Waals surface area contributed by atoms with Gasteiger partial charge < -0.3 is 18.9 Å². The Morgan fingerprint density at radius 3 is 1.60 bits per heavy atom. The van der Waals surface area contributed by atoms with Gasteiger partial charge in [-0.2, -0.15) is 0 Å². The van der Waals surface area contributed by atoms with Crippen LogP contribution in [0.3, 0.4) is 0 Å².